The van der Waals surface area contributed by atoms with Crippen molar-refractivity contribution < 1.29 is 8.78 Å². The summed E-state index contributed by atoms with van der Waals surface area (Å²) < 4.78 is 26.0. The molecule has 0 aliphatic heterocycles. The van der Waals surface area contributed by atoms with E-state index in [1.807, 2.05) is 12.1 Å². The molecule has 0 saturated carbocycles. The van der Waals surface area contributed by atoms with Crippen LogP contribution in [-0.4, -0.2) is 0 Å². The minimum absolute atomic E-state index is 0.272. The normalized spacial score (nSPS) is 10.2. The third-order valence-corrected chi connectivity index (χ3v) is 2.37. The van der Waals surface area contributed by atoms with Crippen molar-refractivity contribution in [3.63, 3.8) is 0 Å². The molecule has 0 atom stereocenters. The summed E-state index contributed by atoms with van der Waals surface area (Å²) in [7, 11) is 0. The second kappa shape index (κ2) is 4.82. The van der Waals surface area contributed by atoms with Crippen LogP contribution < -0.4 is 11.1 Å². The summed E-state index contributed by atoms with van der Waals surface area (Å²) in [6.45, 7) is 0.438. The zero-order valence-corrected chi connectivity index (χ0v) is 9.08. The van der Waals surface area contributed by atoms with Crippen LogP contribution in [0, 0.1) is 11.6 Å². The van der Waals surface area contributed by atoms with Gasteiger partial charge in [0, 0.05) is 18.3 Å². The number of nitrogens with two attached hydrogens (primary N) is 1. The van der Waals surface area contributed by atoms with Crippen molar-refractivity contribution in [1.29, 1.82) is 0 Å². The first-order valence-electron chi connectivity index (χ1n) is 5.18. The summed E-state index contributed by atoms with van der Waals surface area (Å²) in [4.78, 5) is 0. The Morgan fingerprint density at radius 2 is 1.88 bits per heavy atom. The fraction of sp³-hybridized carbons (Fsp3) is 0.0769. The van der Waals surface area contributed by atoms with Crippen LogP contribution in [0.1, 0.15) is 5.56 Å². The minimum atomic E-state index is -0.603. The van der Waals surface area contributed by atoms with Crippen LogP contribution >= 0.6 is 0 Å². The molecule has 0 aliphatic carbocycles. The van der Waals surface area contributed by atoms with E-state index in [2.05, 4.69) is 5.32 Å². The van der Waals surface area contributed by atoms with Crippen LogP contribution in [-0.2, 0) is 6.54 Å². The quantitative estimate of drug-likeness (QED) is 0.800. The van der Waals surface area contributed by atoms with Gasteiger partial charge in [-0.3, -0.25) is 0 Å². The Hall–Kier alpha value is -2.10. The molecule has 2 aromatic carbocycles. The molecule has 0 aliphatic rings. The number of hydrogen-bond donors (Lipinski definition) is 2. The predicted molar refractivity (Wildman–Crippen MR) is 64.5 cm³/mol. The molecule has 0 saturated heterocycles. The fourth-order valence-electron chi connectivity index (χ4n) is 1.53. The Labute approximate surface area is 98.1 Å². The van der Waals surface area contributed by atoms with E-state index in [4.69, 9.17) is 5.73 Å². The van der Waals surface area contributed by atoms with Crippen molar-refractivity contribution in [1.82, 2.24) is 0 Å². The molecule has 2 nitrogen and oxygen atoms in total. The number of benzene rings is 2. The molecule has 0 amide bonds. The molecule has 0 spiro atoms. The van der Waals surface area contributed by atoms with E-state index in [0.29, 0.717) is 12.2 Å². The van der Waals surface area contributed by atoms with E-state index in [1.54, 1.807) is 12.1 Å². The summed E-state index contributed by atoms with van der Waals surface area (Å²) in [5, 5.41) is 2.89. The molecule has 0 heterocycles. The molecule has 2 rings (SSSR count). The van der Waals surface area contributed by atoms with Crippen LogP contribution in [0.2, 0.25) is 0 Å². The van der Waals surface area contributed by atoms with E-state index in [1.165, 1.54) is 12.1 Å². The highest BCUT2D eigenvalue weighted by Crippen LogP contribution is 2.16. The molecular weight excluding hydrogens is 222 g/mol. The van der Waals surface area contributed by atoms with E-state index < -0.39 is 11.6 Å². The van der Waals surface area contributed by atoms with E-state index in [-0.39, 0.29) is 5.69 Å². The Morgan fingerprint density at radius 1 is 1.06 bits per heavy atom. The highest BCUT2D eigenvalue weighted by Gasteiger charge is 2.03. The Morgan fingerprint density at radius 3 is 2.59 bits per heavy atom. The van der Waals surface area contributed by atoms with Crippen LogP contribution in [0.4, 0.5) is 20.2 Å². The van der Waals surface area contributed by atoms with Gasteiger partial charge in [-0.05, 0) is 29.8 Å². The molecule has 0 bridgehead atoms. The lowest BCUT2D eigenvalue weighted by molar-refractivity contribution is 0.585. The number of hydrogen-bond acceptors (Lipinski definition) is 2. The first-order chi connectivity index (χ1) is 8.15. The monoisotopic (exact) mass is 234 g/mol. The molecule has 4 heteroatoms. The minimum Gasteiger partial charge on any atom is -0.399 e. The molecule has 0 unspecified atom stereocenters. The molecule has 2 aromatic rings. The lowest BCUT2D eigenvalue weighted by Crippen LogP contribution is -2.02. The van der Waals surface area contributed by atoms with Crippen molar-refractivity contribution >= 4 is 11.4 Å². The van der Waals surface area contributed by atoms with Crippen molar-refractivity contribution in [3.8, 4) is 0 Å². The van der Waals surface area contributed by atoms with Gasteiger partial charge in [0.05, 0.1) is 5.69 Å². The lowest BCUT2D eigenvalue weighted by atomic mass is 10.2. The highest BCUT2D eigenvalue weighted by atomic mass is 19.1. The molecule has 88 valence electrons. The third-order valence-electron chi connectivity index (χ3n) is 2.37. The molecule has 0 fully saturated rings. The van der Waals surface area contributed by atoms with Gasteiger partial charge in [-0.1, -0.05) is 12.1 Å². The lowest BCUT2D eigenvalue weighted by Gasteiger charge is -2.08. The van der Waals surface area contributed by atoms with Gasteiger partial charge >= 0.3 is 0 Å². The second-order valence-electron chi connectivity index (χ2n) is 3.72. The van der Waals surface area contributed by atoms with Gasteiger partial charge < -0.3 is 11.1 Å². The molecular formula is C13H12F2N2. The molecule has 0 aromatic heterocycles. The summed E-state index contributed by atoms with van der Waals surface area (Å²) >= 11 is 0. The number of nitrogen functional groups attached to an aromatic ring is 1. The molecule has 17 heavy (non-hydrogen) atoms. The fourth-order valence-corrected chi connectivity index (χ4v) is 1.53. The standard InChI is InChI=1S/C13H12F2N2/c14-10-4-5-13(12(15)7-10)17-8-9-2-1-3-11(16)6-9/h1-7,17H,8,16H2. The zero-order chi connectivity index (χ0) is 12.3. The summed E-state index contributed by atoms with van der Waals surface area (Å²) in [5.41, 5.74) is 7.49. The van der Waals surface area contributed by atoms with Crippen molar-refractivity contribution in [2.75, 3.05) is 11.1 Å². The maximum atomic E-state index is 13.3. The Balaban J connectivity index is 2.07. The molecule has 3 N–H and O–H groups in total. The number of halogens is 2. The number of nitrogens with one attached hydrogen (secondary N) is 1. The van der Waals surface area contributed by atoms with Crippen LogP contribution in [0.3, 0.4) is 0 Å². The van der Waals surface area contributed by atoms with Gasteiger partial charge in [0.1, 0.15) is 11.6 Å². The van der Waals surface area contributed by atoms with Gasteiger partial charge in [0.25, 0.3) is 0 Å². The Kier molecular flexibility index (Phi) is 3.23. The number of rotatable bonds is 3. The van der Waals surface area contributed by atoms with Gasteiger partial charge in [0.15, 0.2) is 0 Å². The van der Waals surface area contributed by atoms with Crippen LogP contribution in [0.15, 0.2) is 42.5 Å². The predicted octanol–water partition coefficient (Wildman–Crippen LogP) is 3.16. The van der Waals surface area contributed by atoms with Crippen molar-refractivity contribution in [3.05, 3.63) is 59.7 Å². The average molecular weight is 234 g/mol. The topological polar surface area (TPSA) is 38.0 Å². The number of anilines is 2. The SMILES string of the molecule is Nc1cccc(CNc2ccc(F)cc2F)c1. The Bertz CT molecular complexity index is 527. The van der Waals surface area contributed by atoms with Gasteiger partial charge in [-0.2, -0.15) is 0 Å². The highest BCUT2D eigenvalue weighted by molar-refractivity contribution is 5.47. The van der Waals surface area contributed by atoms with Crippen LogP contribution in [0.25, 0.3) is 0 Å². The largest absolute Gasteiger partial charge is 0.399 e. The van der Waals surface area contributed by atoms with E-state index in [0.717, 1.165) is 11.6 Å². The average Bonchev–Trinajstić information content (AvgIpc) is 2.28. The van der Waals surface area contributed by atoms with Gasteiger partial charge in [-0.15, -0.1) is 0 Å². The molecule has 0 radical (unpaired) electrons. The van der Waals surface area contributed by atoms with Gasteiger partial charge in [0.2, 0.25) is 0 Å². The van der Waals surface area contributed by atoms with E-state index in [9.17, 15) is 8.78 Å². The van der Waals surface area contributed by atoms with Gasteiger partial charge in [-0.25, -0.2) is 8.78 Å². The summed E-state index contributed by atoms with van der Waals surface area (Å²) in [5.74, 6) is -1.19. The summed E-state index contributed by atoms with van der Waals surface area (Å²) in [6.07, 6.45) is 0. The third kappa shape index (κ3) is 2.93. The summed E-state index contributed by atoms with van der Waals surface area (Å²) in [6, 6.07) is 10.7. The van der Waals surface area contributed by atoms with E-state index >= 15 is 0 Å². The maximum Gasteiger partial charge on any atom is 0.149 e. The van der Waals surface area contributed by atoms with Crippen molar-refractivity contribution in [2.45, 2.75) is 6.54 Å². The second-order valence-corrected chi connectivity index (χ2v) is 3.72. The zero-order valence-electron chi connectivity index (χ0n) is 9.08. The smallest absolute Gasteiger partial charge is 0.149 e. The van der Waals surface area contributed by atoms with Crippen LogP contribution in [0.5, 0.6) is 0 Å². The first kappa shape index (κ1) is 11.4. The van der Waals surface area contributed by atoms with Crippen molar-refractivity contribution in [2.24, 2.45) is 0 Å². The first-order valence-corrected chi connectivity index (χ1v) is 5.18. The maximum absolute atomic E-state index is 13.3.